The number of aromatic amines is 1. The molecule has 1 amide bonds. The molecule has 0 unspecified atom stereocenters. The maximum atomic E-state index is 11.5. The normalized spacial score (nSPS) is 22.6. The van der Waals surface area contributed by atoms with Gasteiger partial charge < -0.3 is 15.2 Å². The topological polar surface area (TPSA) is 63.7 Å². The lowest BCUT2D eigenvalue weighted by Crippen LogP contribution is -2.48. The highest BCUT2D eigenvalue weighted by Gasteiger charge is 2.24. The number of thioether (sulfide) groups is 1. The summed E-state index contributed by atoms with van der Waals surface area (Å²) in [6.45, 7) is 6.33. The molecule has 8 heteroatoms. The Labute approximate surface area is 199 Å². The molecule has 1 aromatic carbocycles. The van der Waals surface area contributed by atoms with Crippen LogP contribution in [0.5, 0.6) is 0 Å². The highest BCUT2D eigenvalue weighted by atomic mass is 35.5. The van der Waals surface area contributed by atoms with Crippen molar-refractivity contribution < 1.29 is 4.79 Å². The Kier molecular flexibility index (Phi) is 6.67. The Balaban J connectivity index is 1.23. The fourth-order valence-corrected chi connectivity index (χ4v) is 6.36. The summed E-state index contributed by atoms with van der Waals surface area (Å²) >= 11 is 8.27. The number of aromatic nitrogens is 1. The fourth-order valence-electron chi connectivity index (χ4n) is 5.06. The van der Waals surface area contributed by atoms with Gasteiger partial charge in [0.15, 0.2) is 0 Å². The van der Waals surface area contributed by atoms with E-state index in [0.29, 0.717) is 12.1 Å². The van der Waals surface area contributed by atoms with Crippen molar-refractivity contribution >= 4 is 50.9 Å². The van der Waals surface area contributed by atoms with Crippen LogP contribution in [0, 0.1) is 0 Å². The number of hydrogen-bond acceptors (Lipinski definition) is 5. The second-order valence-corrected chi connectivity index (χ2v) is 10.7. The number of halogens is 1. The van der Waals surface area contributed by atoms with E-state index in [1.54, 1.807) is 6.92 Å². The van der Waals surface area contributed by atoms with Gasteiger partial charge in [-0.15, -0.1) is 11.8 Å². The number of nitrogens with one attached hydrogen (secondary N) is 2. The number of H-pyrrole nitrogens is 1. The van der Waals surface area contributed by atoms with Crippen LogP contribution in [-0.4, -0.2) is 76.3 Å². The number of aliphatic imine (C=N–C) groups is 1. The summed E-state index contributed by atoms with van der Waals surface area (Å²) in [4.78, 5) is 24.6. The third-order valence-corrected chi connectivity index (χ3v) is 8.32. The molecule has 2 aromatic rings. The molecule has 1 saturated carbocycles. The Morgan fingerprint density at radius 2 is 2.00 bits per heavy atom. The first-order valence-electron chi connectivity index (χ1n) is 11.8. The third kappa shape index (κ3) is 4.95. The first-order chi connectivity index (χ1) is 15.5. The van der Waals surface area contributed by atoms with Crippen LogP contribution in [-0.2, 0) is 4.79 Å². The molecular weight excluding hydrogens is 442 g/mol. The van der Waals surface area contributed by atoms with Gasteiger partial charge in [-0.1, -0.05) is 24.4 Å². The number of fused-ring (bicyclic) bond motifs is 1. The van der Waals surface area contributed by atoms with Gasteiger partial charge >= 0.3 is 0 Å². The van der Waals surface area contributed by atoms with Crippen molar-refractivity contribution in [2.75, 3.05) is 43.8 Å². The van der Waals surface area contributed by atoms with E-state index in [1.807, 2.05) is 28.8 Å². The van der Waals surface area contributed by atoms with E-state index in [-0.39, 0.29) is 5.91 Å². The number of nitrogens with zero attached hydrogens (tertiary/aromatic N) is 3. The number of piperazine rings is 1. The molecule has 3 aliphatic rings. The van der Waals surface area contributed by atoms with E-state index < -0.39 is 0 Å². The lowest BCUT2D eigenvalue weighted by Gasteiger charge is -2.34. The lowest BCUT2D eigenvalue weighted by molar-refractivity contribution is -0.130. The van der Waals surface area contributed by atoms with Crippen molar-refractivity contribution in [1.29, 1.82) is 0 Å². The Morgan fingerprint density at radius 1 is 1.22 bits per heavy atom. The number of benzene rings is 1. The molecule has 1 atom stereocenters. The van der Waals surface area contributed by atoms with Crippen LogP contribution >= 0.6 is 23.4 Å². The van der Waals surface area contributed by atoms with Crippen molar-refractivity contribution in [3.05, 3.63) is 28.9 Å². The molecule has 5 rings (SSSR count). The molecular formula is C24H32ClN5OS. The molecule has 3 heterocycles. The van der Waals surface area contributed by atoms with Crippen molar-refractivity contribution in [1.82, 2.24) is 14.8 Å². The van der Waals surface area contributed by atoms with Gasteiger partial charge in [0, 0.05) is 61.9 Å². The smallest absolute Gasteiger partial charge is 0.219 e. The molecule has 32 heavy (non-hydrogen) atoms. The average Bonchev–Trinajstić information content (AvgIpc) is 3.53. The second kappa shape index (κ2) is 9.65. The minimum absolute atomic E-state index is 0.187. The molecule has 2 N–H and O–H groups in total. The van der Waals surface area contributed by atoms with Gasteiger partial charge in [-0.25, -0.2) is 0 Å². The second-order valence-electron chi connectivity index (χ2n) is 9.26. The quantitative estimate of drug-likeness (QED) is 0.644. The molecule has 2 fully saturated rings. The van der Waals surface area contributed by atoms with Gasteiger partial charge in [-0.3, -0.25) is 14.7 Å². The van der Waals surface area contributed by atoms with E-state index in [4.69, 9.17) is 16.6 Å². The first kappa shape index (κ1) is 22.1. The Bertz CT molecular complexity index is 1010. The van der Waals surface area contributed by atoms with E-state index in [0.717, 1.165) is 77.2 Å². The molecule has 0 bridgehead atoms. The standard InChI is InChI=1S/C24H32ClN5OS/c1-16(31)30-10-8-29(9-11-30)7-6-20-15-32-24(27-20)22-13-17-12-18(25)14-21(23(17)28-22)26-19-4-2-3-5-19/h12-14,19-20,26,28H,2-11,15H2,1H3/t20-/m0/s1. The molecule has 2 aliphatic heterocycles. The number of carbonyl (C=O) groups excluding carboxylic acids is 1. The lowest BCUT2D eigenvalue weighted by atomic mass is 10.2. The molecule has 0 spiro atoms. The zero-order valence-electron chi connectivity index (χ0n) is 18.7. The Hall–Kier alpha value is -1.70. The predicted octanol–water partition coefficient (Wildman–Crippen LogP) is 4.59. The minimum atomic E-state index is 0.187. The molecule has 0 radical (unpaired) electrons. The van der Waals surface area contributed by atoms with Gasteiger partial charge in [0.1, 0.15) is 5.04 Å². The van der Waals surface area contributed by atoms with E-state index >= 15 is 0 Å². The maximum Gasteiger partial charge on any atom is 0.219 e. The zero-order valence-corrected chi connectivity index (χ0v) is 20.3. The average molecular weight is 474 g/mol. The van der Waals surface area contributed by atoms with Crippen LogP contribution in [0.1, 0.15) is 44.7 Å². The third-order valence-electron chi connectivity index (χ3n) is 6.95. The number of carbonyl (C=O) groups is 1. The largest absolute Gasteiger partial charge is 0.381 e. The number of anilines is 1. The summed E-state index contributed by atoms with van der Waals surface area (Å²) in [6, 6.07) is 7.17. The monoisotopic (exact) mass is 473 g/mol. The van der Waals surface area contributed by atoms with Crippen molar-refractivity contribution in [3.8, 4) is 0 Å². The van der Waals surface area contributed by atoms with Gasteiger partial charge in [0.25, 0.3) is 0 Å². The summed E-state index contributed by atoms with van der Waals surface area (Å²) in [6.07, 6.45) is 6.14. The molecule has 6 nitrogen and oxygen atoms in total. The highest BCUT2D eigenvalue weighted by molar-refractivity contribution is 8.14. The van der Waals surface area contributed by atoms with E-state index in [1.165, 1.54) is 25.7 Å². The highest BCUT2D eigenvalue weighted by Crippen LogP contribution is 2.33. The van der Waals surface area contributed by atoms with Crippen LogP contribution in [0.3, 0.4) is 0 Å². The van der Waals surface area contributed by atoms with Gasteiger partial charge in [0.05, 0.1) is 22.9 Å². The Morgan fingerprint density at radius 3 is 2.75 bits per heavy atom. The van der Waals surface area contributed by atoms with Crippen molar-refractivity contribution in [2.45, 2.75) is 51.1 Å². The summed E-state index contributed by atoms with van der Waals surface area (Å²) in [5, 5.41) is 6.73. The van der Waals surface area contributed by atoms with E-state index in [9.17, 15) is 4.79 Å². The fraction of sp³-hybridized carbons (Fsp3) is 0.583. The summed E-state index contributed by atoms with van der Waals surface area (Å²) < 4.78 is 0. The van der Waals surface area contributed by atoms with Crippen LogP contribution in [0.2, 0.25) is 5.02 Å². The number of rotatable bonds is 6. The molecule has 1 aromatic heterocycles. The number of hydrogen-bond donors (Lipinski definition) is 2. The van der Waals surface area contributed by atoms with Crippen LogP contribution in [0.4, 0.5) is 5.69 Å². The molecule has 1 aliphatic carbocycles. The van der Waals surface area contributed by atoms with Gasteiger partial charge in [-0.05, 0) is 37.5 Å². The summed E-state index contributed by atoms with van der Waals surface area (Å²) in [5.74, 6) is 1.22. The first-order valence-corrected chi connectivity index (χ1v) is 13.2. The van der Waals surface area contributed by atoms with Gasteiger partial charge in [0.2, 0.25) is 5.91 Å². The van der Waals surface area contributed by atoms with Crippen molar-refractivity contribution in [2.24, 2.45) is 4.99 Å². The molecule has 172 valence electrons. The van der Waals surface area contributed by atoms with Crippen LogP contribution in [0.25, 0.3) is 10.9 Å². The van der Waals surface area contributed by atoms with Crippen LogP contribution < -0.4 is 5.32 Å². The van der Waals surface area contributed by atoms with Crippen LogP contribution in [0.15, 0.2) is 23.2 Å². The molecule has 1 saturated heterocycles. The van der Waals surface area contributed by atoms with Gasteiger partial charge in [-0.2, -0.15) is 0 Å². The minimum Gasteiger partial charge on any atom is -0.381 e. The zero-order chi connectivity index (χ0) is 22.1. The summed E-state index contributed by atoms with van der Waals surface area (Å²) in [5.41, 5.74) is 3.33. The summed E-state index contributed by atoms with van der Waals surface area (Å²) in [7, 11) is 0. The predicted molar refractivity (Wildman–Crippen MR) is 135 cm³/mol. The SMILES string of the molecule is CC(=O)N1CCN(CC[C@H]2CSC(c3cc4cc(Cl)cc(NC5CCCC5)c4[nH]3)=N2)CC1. The van der Waals surface area contributed by atoms with Crippen molar-refractivity contribution in [3.63, 3.8) is 0 Å². The number of amides is 1. The van der Waals surface area contributed by atoms with E-state index in [2.05, 4.69) is 21.3 Å². The maximum absolute atomic E-state index is 11.5.